The molecule has 5 aromatic heterocycles. The van der Waals surface area contributed by atoms with E-state index in [9.17, 15) is 0 Å². The molecule has 1 aromatic carbocycles. The van der Waals surface area contributed by atoms with E-state index in [1.165, 1.54) is 11.3 Å². The first-order valence-electron chi connectivity index (χ1n) is 11.0. The van der Waals surface area contributed by atoms with Crippen LogP contribution in [0.2, 0.25) is 0 Å². The number of imidazole rings is 1. The summed E-state index contributed by atoms with van der Waals surface area (Å²) in [5, 5.41) is 6.63. The lowest BCUT2D eigenvalue weighted by Gasteiger charge is -2.07. The summed E-state index contributed by atoms with van der Waals surface area (Å²) in [5.41, 5.74) is 4.23. The molecular formula is C25H21N5O4S2. The van der Waals surface area contributed by atoms with E-state index < -0.39 is 0 Å². The highest BCUT2D eigenvalue weighted by atomic mass is 32.1. The van der Waals surface area contributed by atoms with Gasteiger partial charge in [-0.3, -0.25) is 4.98 Å². The lowest BCUT2D eigenvalue weighted by molar-refractivity contribution is 0.294. The lowest BCUT2D eigenvalue weighted by atomic mass is 10.1. The number of nitrogens with zero attached hydrogens (tertiary/aromatic N) is 5. The number of aromatic nitrogens is 5. The molecule has 0 radical (unpaired) electrons. The third-order valence-electron chi connectivity index (χ3n) is 5.63. The first-order chi connectivity index (χ1) is 17.5. The summed E-state index contributed by atoms with van der Waals surface area (Å²) in [4.78, 5) is 15.5. The summed E-state index contributed by atoms with van der Waals surface area (Å²) < 4.78 is 24.7. The molecular weight excluding hydrogens is 498 g/mol. The molecule has 0 N–H and O–H groups in total. The van der Waals surface area contributed by atoms with Gasteiger partial charge in [-0.25, -0.2) is 9.50 Å². The summed E-state index contributed by atoms with van der Waals surface area (Å²) in [6.45, 7) is 4.31. The number of methoxy groups -OCH3 is 2. The predicted molar refractivity (Wildman–Crippen MR) is 138 cm³/mol. The van der Waals surface area contributed by atoms with Gasteiger partial charge in [0.25, 0.3) is 5.19 Å². The van der Waals surface area contributed by atoms with Gasteiger partial charge in [-0.05, 0) is 48.9 Å². The number of pyridine rings is 1. The third-order valence-corrected chi connectivity index (χ3v) is 7.49. The van der Waals surface area contributed by atoms with Crippen molar-refractivity contribution in [1.82, 2.24) is 24.6 Å². The number of aryl methyl sites for hydroxylation is 2. The maximum absolute atomic E-state index is 6.16. The van der Waals surface area contributed by atoms with Gasteiger partial charge in [0.2, 0.25) is 10.8 Å². The van der Waals surface area contributed by atoms with Crippen molar-refractivity contribution in [3.8, 4) is 39.0 Å². The van der Waals surface area contributed by atoms with Crippen LogP contribution in [-0.2, 0) is 6.61 Å². The van der Waals surface area contributed by atoms with Crippen LogP contribution >= 0.6 is 22.7 Å². The van der Waals surface area contributed by atoms with Gasteiger partial charge in [0.05, 0.1) is 31.0 Å². The minimum atomic E-state index is 0.301. The van der Waals surface area contributed by atoms with Crippen molar-refractivity contribution in [3.05, 3.63) is 58.7 Å². The monoisotopic (exact) mass is 519 g/mol. The minimum Gasteiger partial charge on any atom is -0.497 e. The van der Waals surface area contributed by atoms with Crippen LogP contribution in [0.5, 0.6) is 16.8 Å². The van der Waals surface area contributed by atoms with E-state index in [0.717, 1.165) is 37.1 Å². The van der Waals surface area contributed by atoms with Crippen molar-refractivity contribution in [1.29, 1.82) is 0 Å². The van der Waals surface area contributed by atoms with Gasteiger partial charge >= 0.3 is 0 Å². The van der Waals surface area contributed by atoms with E-state index >= 15 is 0 Å². The van der Waals surface area contributed by atoms with Gasteiger partial charge in [-0.1, -0.05) is 6.07 Å². The zero-order chi connectivity index (χ0) is 24.8. The van der Waals surface area contributed by atoms with E-state index in [1.807, 2.05) is 56.6 Å². The minimum absolute atomic E-state index is 0.301. The summed E-state index contributed by atoms with van der Waals surface area (Å²) in [6, 6.07) is 9.77. The van der Waals surface area contributed by atoms with Crippen molar-refractivity contribution < 1.29 is 18.6 Å². The van der Waals surface area contributed by atoms with Gasteiger partial charge in [-0.15, -0.1) is 16.4 Å². The normalized spacial score (nSPS) is 11.4. The molecule has 5 heterocycles. The van der Waals surface area contributed by atoms with Gasteiger partial charge in [0.15, 0.2) is 5.76 Å². The maximum Gasteiger partial charge on any atom is 0.294 e. The van der Waals surface area contributed by atoms with E-state index in [-0.39, 0.29) is 0 Å². The van der Waals surface area contributed by atoms with Crippen LogP contribution in [0.25, 0.3) is 38.1 Å². The standard InChI is InChI=1S/C25H21N5O4S2/c1-13-5-6-18(26-10-13)23-28-22(14(2)35-23)33-12-15-7-16(31-3)8-20-17(15)9-21(34-20)19-11-30-24(27-19)36-25(29-30)32-4/h5-11H,12H2,1-4H3. The molecule has 9 nitrogen and oxygen atoms in total. The van der Waals surface area contributed by atoms with Gasteiger partial charge < -0.3 is 18.6 Å². The van der Waals surface area contributed by atoms with Gasteiger partial charge in [-0.2, -0.15) is 4.98 Å². The Bertz CT molecular complexity index is 1670. The third kappa shape index (κ3) is 4.06. The Morgan fingerprint density at radius 1 is 1.00 bits per heavy atom. The number of hydrogen-bond donors (Lipinski definition) is 0. The molecule has 6 rings (SSSR count). The highest BCUT2D eigenvalue weighted by molar-refractivity contribution is 7.18. The molecule has 0 saturated heterocycles. The van der Waals surface area contributed by atoms with E-state index in [0.29, 0.717) is 40.5 Å². The highest BCUT2D eigenvalue weighted by Gasteiger charge is 2.18. The molecule has 0 spiro atoms. The zero-order valence-corrected chi connectivity index (χ0v) is 21.6. The van der Waals surface area contributed by atoms with Crippen molar-refractivity contribution in [2.75, 3.05) is 14.2 Å². The summed E-state index contributed by atoms with van der Waals surface area (Å²) in [5.74, 6) is 1.90. The Balaban J connectivity index is 1.31. The average Bonchev–Trinajstić information content (AvgIpc) is 3.64. The molecule has 0 atom stereocenters. The number of ether oxygens (including phenoxy) is 3. The average molecular weight is 520 g/mol. The molecule has 0 aliphatic heterocycles. The molecule has 182 valence electrons. The summed E-state index contributed by atoms with van der Waals surface area (Å²) in [6.07, 6.45) is 3.66. The first-order valence-corrected chi connectivity index (χ1v) is 12.7. The van der Waals surface area contributed by atoms with Gasteiger partial charge in [0.1, 0.15) is 28.6 Å². The lowest BCUT2D eigenvalue weighted by Crippen LogP contribution is -1.98. The van der Waals surface area contributed by atoms with Gasteiger partial charge in [0, 0.05) is 23.2 Å². The molecule has 0 saturated carbocycles. The predicted octanol–water partition coefficient (Wildman–Crippen LogP) is 5.94. The Labute approximate surface area is 213 Å². The quantitative estimate of drug-likeness (QED) is 0.256. The number of furan rings is 1. The summed E-state index contributed by atoms with van der Waals surface area (Å²) in [7, 11) is 3.21. The second kappa shape index (κ2) is 8.92. The molecule has 0 fully saturated rings. The maximum atomic E-state index is 6.16. The molecule has 0 unspecified atom stereocenters. The number of benzene rings is 1. The molecule has 0 bridgehead atoms. The van der Waals surface area contributed by atoms with Crippen LogP contribution in [0.1, 0.15) is 16.0 Å². The fraction of sp³-hybridized carbons (Fsp3) is 0.200. The molecule has 36 heavy (non-hydrogen) atoms. The second-order valence-corrected chi connectivity index (χ2v) is 10.2. The Morgan fingerprint density at radius 2 is 1.89 bits per heavy atom. The fourth-order valence-corrected chi connectivity index (χ4v) is 5.33. The zero-order valence-electron chi connectivity index (χ0n) is 19.9. The Morgan fingerprint density at radius 3 is 2.64 bits per heavy atom. The molecule has 11 heteroatoms. The van der Waals surface area contributed by atoms with Crippen molar-refractivity contribution in [3.63, 3.8) is 0 Å². The smallest absolute Gasteiger partial charge is 0.294 e. The number of fused-ring (bicyclic) bond motifs is 2. The van der Waals surface area contributed by atoms with Crippen molar-refractivity contribution in [2.45, 2.75) is 20.5 Å². The van der Waals surface area contributed by atoms with Crippen LogP contribution in [0.3, 0.4) is 0 Å². The van der Waals surface area contributed by atoms with E-state index in [2.05, 4.69) is 20.1 Å². The van der Waals surface area contributed by atoms with Crippen molar-refractivity contribution in [2.24, 2.45) is 0 Å². The van der Waals surface area contributed by atoms with Crippen LogP contribution in [0.4, 0.5) is 0 Å². The second-order valence-electron chi connectivity index (χ2n) is 8.12. The SMILES string of the molecule is COc1cc(COc2nc(-c3ccc(C)cn3)sc2C)c2cc(-c3cn4nc(OC)sc4n3)oc2c1. The number of rotatable bonds is 7. The van der Waals surface area contributed by atoms with Crippen LogP contribution in [0.15, 0.2) is 47.1 Å². The highest BCUT2D eigenvalue weighted by Crippen LogP contribution is 2.35. The Hall–Kier alpha value is -3.96. The fourth-order valence-electron chi connectivity index (χ4n) is 3.80. The number of thiazole rings is 1. The first kappa shape index (κ1) is 22.5. The van der Waals surface area contributed by atoms with E-state index in [4.69, 9.17) is 18.6 Å². The van der Waals surface area contributed by atoms with Crippen LogP contribution < -0.4 is 14.2 Å². The molecule has 0 aliphatic carbocycles. The van der Waals surface area contributed by atoms with Crippen LogP contribution in [-0.4, -0.2) is 38.8 Å². The largest absolute Gasteiger partial charge is 0.497 e. The molecule has 0 amide bonds. The molecule has 0 aliphatic rings. The number of hydrogen-bond acceptors (Lipinski definition) is 10. The topological polar surface area (TPSA) is 96.8 Å². The van der Waals surface area contributed by atoms with Crippen molar-refractivity contribution >= 4 is 38.6 Å². The van der Waals surface area contributed by atoms with E-state index in [1.54, 1.807) is 30.1 Å². The van der Waals surface area contributed by atoms with Crippen LogP contribution in [0, 0.1) is 13.8 Å². The Kier molecular flexibility index (Phi) is 5.57. The molecule has 6 aromatic rings. The summed E-state index contributed by atoms with van der Waals surface area (Å²) >= 11 is 2.92.